The van der Waals surface area contributed by atoms with Crippen LogP contribution in [0.5, 0.6) is 5.75 Å². The van der Waals surface area contributed by atoms with E-state index in [-0.39, 0.29) is 12.5 Å². The Hall–Kier alpha value is -2.38. The maximum absolute atomic E-state index is 10.5. The Morgan fingerprint density at radius 2 is 2.04 bits per heavy atom. The third-order valence-corrected chi connectivity index (χ3v) is 4.09. The van der Waals surface area contributed by atoms with Crippen molar-refractivity contribution in [3.8, 4) is 5.75 Å². The minimum Gasteiger partial charge on any atom is -0.497 e. The van der Waals surface area contributed by atoms with Crippen molar-refractivity contribution in [2.24, 2.45) is 0 Å². The molecule has 0 aliphatic rings. The highest BCUT2D eigenvalue weighted by Crippen LogP contribution is 2.12. The minimum absolute atomic E-state index is 0.0862. The van der Waals surface area contributed by atoms with Crippen molar-refractivity contribution in [3.63, 3.8) is 0 Å². The second-order valence-corrected chi connectivity index (χ2v) is 6.32. The Labute approximate surface area is 159 Å². The van der Waals surface area contributed by atoms with Crippen molar-refractivity contribution in [3.05, 3.63) is 48.5 Å². The zero-order chi connectivity index (χ0) is 19.3. The first-order valence-corrected chi connectivity index (χ1v) is 9.17. The fraction of sp³-hybridized carbons (Fsp3) is 0.500. The van der Waals surface area contributed by atoms with E-state index < -0.39 is 5.97 Å². The minimum atomic E-state index is -0.749. The number of hydrogen-bond acceptors (Lipinski definition) is 5. The summed E-state index contributed by atoms with van der Waals surface area (Å²) in [6, 6.07) is 7.78. The molecule has 1 unspecified atom stereocenters. The number of rotatable bonds is 14. The van der Waals surface area contributed by atoms with Gasteiger partial charge >= 0.3 is 5.97 Å². The van der Waals surface area contributed by atoms with Gasteiger partial charge in [-0.3, -0.25) is 4.79 Å². The van der Waals surface area contributed by atoms with Gasteiger partial charge in [0.1, 0.15) is 5.75 Å². The van der Waals surface area contributed by atoms with Crippen LogP contribution in [0.4, 0.5) is 0 Å². The van der Waals surface area contributed by atoms with Gasteiger partial charge in [0.05, 0.1) is 39.3 Å². The van der Waals surface area contributed by atoms with Gasteiger partial charge in [-0.15, -0.1) is 0 Å². The fourth-order valence-electron chi connectivity index (χ4n) is 2.62. The smallest absolute Gasteiger partial charge is 0.303 e. The number of nitrogens with zero attached hydrogens (tertiary/aromatic N) is 2. The number of carbonyl (C=O) groups is 1. The van der Waals surface area contributed by atoms with Crippen LogP contribution in [0.25, 0.3) is 0 Å². The molecule has 2 rings (SSSR count). The molecule has 1 heterocycles. The number of aromatic nitrogens is 2. The number of benzene rings is 1. The molecule has 1 atom stereocenters. The van der Waals surface area contributed by atoms with E-state index in [1.807, 2.05) is 35.0 Å². The summed E-state index contributed by atoms with van der Waals surface area (Å²) < 4.78 is 18.9. The highest BCUT2D eigenvalue weighted by Gasteiger charge is 2.11. The predicted octanol–water partition coefficient (Wildman–Crippen LogP) is 3.14. The topological polar surface area (TPSA) is 82.8 Å². The number of unbranched alkanes of at least 4 members (excludes halogenated alkanes) is 2. The maximum Gasteiger partial charge on any atom is 0.303 e. The van der Waals surface area contributed by atoms with Gasteiger partial charge in [-0.25, -0.2) is 4.98 Å². The van der Waals surface area contributed by atoms with Gasteiger partial charge in [0.25, 0.3) is 0 Å². The lowest BCUT2D eigenvalue weighted by atomic mass is 10.2. The Morgan fingerprint density at radius 1 is 1.22 bits per heavy atom. The second kappa shape index (κ2) is 12.1. The van der Waals surface area contributed by atoms with Crippen LogP contribution >= 0.6 is 0 Å². The molecule has 27 heavy (non-hydrogen) atoms. The predicted molar refractivity (Wildman–Crippen MR) is 101 cm³/mol. The third kappa shape index (κ3) is 8.70. The molecule has 0 bridgehead atoms. The molecule has 7 nitrogen and oxygen atoms in total. The van der Waals surface area contributed by atoms with E-state index in [0.717, 1.165) is 24.2 Å². The first-order chi connectivity index (χ1) is 13.2. The maximum atomic E-state index is 10.5. The Balaban J connectivity index is 1.72. The normalized spacial score (nSPS) is 12.0. The Bertz CT molecular complexity index is 643. The molecule has 0 amide bonds. The standard InChI is InChI=1S/C20H28N2O5/c1-25-18-8-6-17(7-9-18)14-26-15-19(13-22-11-10-21-16-22)27-12-4-2-3-5-20(23)24/h6-11,16,19H,2-5,12-15H2,1H3,(H,23,24). The van der Waals surface area contributed by atoms with Crippen LogP contribution in [0.2, 0.25) is 0 Å². The summed E-state index contributed by atoms with van der Waals surface area (Å²) >= 11 is 0. The van der Waals surface area contributed by atoms with Gasteiger partial charge in [-0.1, -0.05) is 18.6 Å². The van der Waals surface area contributed by atoms with Crippen molar-refractivity contribution >= 4 is 5.97 Å². The van der Waals surface area contributed by atoms with E-state index in [4.69, 9.17) is 19.3 Å². The SMILES string of the molecule is COc1ccc(COCC(Cn2ccnc2)OCCCCCC(=O)O)cc1. The summed E-state index contributed by atoms with van der Waals surface area (Å²) in [5, 5.41) is 8.66. The highest BCUT2D eigenvalue weighted by atomic mass is 16.5. The number of carboxylic acids is 1. The molecule has 0 saturated heterocycles. The molecule has 2 aromatic rings. The van der Waals surface area contributed by atoms with E-state index in [1.165, 1.54) is 0 Å². The highest BCUT2D eigenvalue weighted by molar-refractivity contribution is 5.66. The molecule has 1 aromatic carbocycles. The van der Waals surface area contributed by atoms with Crippen LogP contribution in [-0.4, -0.2) is 47.1 Å². The zero-order valence-corrected chi connectivity index (χ0v) is 15.8. The molecule has 148 valence electrons. The van der Waals surface area contributed by atoms with Crippen molar-refractivity contribution in [2.45, 2.75) is 44.9 Å². The van der Waals surface area contributed by atoms with Crippen LogP contribution in [0.3, 0.4) is 0 Å². The number of aliphatic carboxylic acids is 1. The summed E-state index contributed by atoms with van der Waals surface area (Å²) in [6.45, 7) is 2.23. The van der Waals surface area contributed by atoms with Crippen molar-refractivity contribution < 1.29 is 24.1 Å². The van der Waals surface area contributed by atoms with Crippen LogP contribution in [0.15, 0.2) is 43.0 Å². The summed E-state index contributed by atoms with van der Waals surface area (Å²) in [5.41, 5.74) is 1.07. The average Bonchev–Trinajstić information content (AvgIpc) is 3.17. The zero-order valence-electron chi connectivity index (χ0n) is 15.8. The summed E-state index contributed by atoms with van der Waals surface area (Å²) in [4.78, 5) is 14.6. The molecular formula is C20H28N2O5. The molecule has 0 saturated carbocycles. The van der Waals surface area contributed by atoms with Gasteiger partial charge in [-0.05, 0) is 30.5 Å². The lowest BCUT2D eigenvalue weighted by Crippen LogP contribution is -2.25. The first-order valence-electron chi connectivity index (χ1n) is 9.17. The van der Waals surface area contributed by atoms with Gasteiger partial charge < -0.3 is 23.9 Å². The van der Waals surface area contributed by atoms with E-state index in [1.54, 1.807) is 19.6 Å². The van der Waals surface area contributed by atoms with E-state index in [9.17, 15) is 4.79 Å². The molecule has 7 heteroatoms. The van der Waals surface area contributed by atoms with Gasteiger partial charge in [0, 0.05) is 25.4 Å². The molecule has 0 aliphatic heterocycles. The van der Waals surface area contributed by atoms with Crippen LogP contribution < -0.4 is 4.74 Å². The summed E-state index contributed by atoms with van der Waals surface area (Å²) in [7, 11) is 1.64. The number of hydrogen-bond donors (Lipinski definition) is 1. The van der Waals surface area contributed by atoms with E-state index in [2.05, 4.69) is 4.98 Å². The van der Waals surface area contributed by atoms with Crippen LogP contribution in [0, 0.1) is 0 Å². The largest absolute Gasteiger partial charge is 0.497 e. The molecule has 1 aromatic heterocycles. The quantitative estimate of drug-likeness (QED) is 0.510. The average molecular weight is 376 g/mol. The second-order valence-electron chi connectivity index (χ2n) is 6.32. The summed E-state index contributed by atoms with van der Waals surface area (Å²) in [6.07, 6.45) is 7.88. The molecule has 1 N–H and O–H groups in total. The molecule has 0 radical (unpaired) electrons. The first kappa shape index (κ1) is 20.9. The monoisotopic (exact) mass is 376 g/mol. The molecule has 0 spiro atoms. The Morgan fingerprint density at radius 3 is 2.70 bits per heavy atom. The Kier molecular flexibility index (Phi) is 9.37. The van der Waals surface area contributed by atoms with E-state index in [0.29, 0.717) is 32.8 Å². The van der Waals surface area contributed by atoms with Crippen molar-refractivity contribution in [1.82, 2.24) is 9.55 Å². The van der Waals surface area contributed by atoms with Gasteiger partial charge in [0.15, 0.2) is 0 Å². The van der Waals surface area contributed by atoms with Gasteiger partial charge in [0.2, 0.25) is 0 Å². The number of ether oxygens (including phenoxy) is 3. The number of carboxylic acid groups (broad SMARTS) is 1. The molecule has 0 aliphatic carbocycles. The summed E-state index contributed by atoms with van der Waals surface area (Å²) in [5.74, 6) is 0.0730. The lowest BCUT2D eigenvalue weighted by molar-refractivity contribution is -0.137. The van der Waals surface area contributed by atoms with Crippen molar-refractivity contribution in [2.75, 3.05) is 20.3 Å². The fourth-order valence-corrected chi connectivity index (χ4v) is 2.62. The van der Waals surface area contributed by atoms with Crippen LogP contribution in [-0.2, 0) is 27.4 Å². The van der Waals surface area contributed by atoms with Crippen LogP contribution in [0.1, 0.15) is 31.2 Å². The number of imidazole rings is 1. The van der Waals surface area contributed by atoms with E-state index >= 15 is 0 Å². The lowest BCUT2D eigenvalue weighted by Gasteiger charge is -2.19. The van der Waals surface area contributed by atoms with Crippen molar-refractivity contribution in [1.29, 1.82) is 0 Å². The van der Waals surface area contributed by atoms with Gasteiger partial charge in [-0.2, -0.15) is 0 Å². The third-order valence-electron chi connectivity index (χ3n) is 4.09. The molecular weight excluding hydrogens is 348 g/mol. The number of methoxy groups -OCH3 is 1. The molecule has 0 fully saturated rings.